The zero-order valence-electron chi connectivity index (χ0n) is 18.0. The SMILES string of the molecule is CC(C)CC(NC(=O)c1cc(-c2ccc(NC(=O)Nc3ccc(F)cc3)cc2)no1)C(=O)O. The van der Waals surface area contributed by atoms with E-state index in [2.05, 4.69) is 21.1 Å². The van der Waals surface area contributed by atoms with E-state index in [0.717, 1.165) is 0 Å². The average molecular weight is 454 g/mol. The van der Waals surface area contributed by atoms with Crippen molar-refractivity contribution >= 4 is 29.3 Å². The lowest BCUT2D eigenvalue weighted by Gasteiger charge is -2.15. The van der Waals surface area contributed by atoms with E-state index in [1.54, 1.807) is 24.3 Å². The number of aliphatic carboxylic acids is 1. The van der Waals surface area contributed by atoms with Crippen LogP contribution in [0.5, 0.6) is 0 Å². The molecule has 0 fully saturated rings. The molecule has 33 heavy (non-hydrogen) atoms. The van der Waals surface area contributed by atoms with Gasteiger partial charge in [0.05, 0.1) is 0 Å². The smallest absolute Gasteiger partial charge is 0.326 e. The van der Waals surface area contributed by atoms with Crippen LogP contribution in [0.25, 0.3) is 11.3 Å². The minimum absolute atomic E-state index is 0.0848. The van der Waals surface area contributed by atoms with E-state index in [1.165, 1.54) is 30.3 Å². The Labute approximate surface area is 189 Å². The van der Waals surface area contributed by atoms with E-state index >= 15 is 0 Å². The number of hydrogen-bond acceptors (Lipinski definition) is 5. The second-order valence-corrected chi connectivity index (χ2v) is 7.73. The fourth-order valence-corrected chi connectivity index (χ4v) is 2.99. The summed E-state index contributed by atoms with van der Waals surface area (Å²) in [7, 11) is 0. The van der Waals surface area contributed by atoms with Gasteiger partial charge < -0.3 is 25.6 Å². The van der Waals surface area contributed by atoms with Crippen LogP contribution in [0.2, 0.25) is 0 Å². The molecule has 1 atom stereocenters. The molecule has 2 aromatic carbocycles. The third-order valence-electron chi connectivity index (χ3n) is 4.59. The van der Waals surface area contributed by atoms with Crippen LogP contribution < -0.4 is 16.0 Å². The van der Waals surface area contributed by atoms with Crippen molar-refractivity contribution in [2.75, 3.05) is 10.6 Å². The molecule has 0 saturated heterocycles. The molecule has 9 nitrogen and oxygen atoms in total. The normalized spacial score (nSPS) is 11.6. The fraction of sp³-hybridized carbons (Fsp3) is 0.217. The first-order chi connectivity index (χ1) is 15.7. The predicted octanol–water partition coefficient (Wildman–Crippen LogP) is 4.35. The fourth-order valence-electron chi connectivity index (χ4n) is 2.99. The van der Waals surface area contributed by atoms with Gasteiger partial charge in [-0.05, 0) is 48.7 Å². The number of carbonyl (C=O) groups excluding carboxylic acids is 2. The van der Waals surface area contributed by atoms with Crippen molar-refractivity contribution in [1.82, 2.24) is 10.5 Å². The minimum atomic E-state index is -1.12. The van der Waals surface area contributed by atoms with Crippen LogP contribution in [0.1, 0.15) is 30.8 Å². The number of carbonyl (C=O) groups is 3. The van der Waals surface area contributed by atoms with Crippen molar-refractivity contribution in [3.8, 4) is 11.3 Å². The highest BCUT2D eigenvalue weighted by Crippen LogP contribution is 2.22. The van der Waals surface area contributed by atoms with Gasteiger partial charge in [-0.1, -0.05) is 31.1 Å². The molecule has 10 heteroatoms. The molecule has 0 bridgehead atoms. The number of urea groups is 1. The molecule has 3 aromatic rings. The zero-order valence-corrected chi connectivity index (χ0v) is 18.0. The molecular weight excluding hydrogens is 431 g/mol. The Bertz CT molecular complexity index is 1130. The number of nitrogens with zero attached hydrogens (tertiary/aromatic N) is 1. The van der Waals surface area contributed by atoms with Crippen molar-refractivity contribution in [3.05, 3.63) is 66.2 Å². The molecule has 172 valence electrons. The lowest BCUT2D eigenvalue weighted by Crippen LogP contribution is -2.41. The maximum absolute atomic E-state index is 12.9. The van der Waals surface area contributed by atoms with E-state index in [0.29, 0.717) is 22.6 Å². The van der Waals surface area contributed by atoms with Gasteiger partial charge >= 0.3 is 12.0 Å². The number of carboxylic acid groups (broad SMARTS) is 1. The number of amides is 3. The maximum Gasteiger partial charge on any atom is 0.326 e. The van der Waals surface area contributed by atoms with Gasteiger partial charge in [-0.2, -0.15) is 0 Å². The van der Waals surface area contributed by atoms with Crippen LogP contribution >= 0.6 is 0 Å². The number of aromatic nitrogens is 1. The topological polar surface area (TPSA) is 134 Å². The van der Waals surface area contributed by atoms with E-state index < -0.39 is 29.8 Å². The summed E-state index contributed by atoms with van der Waals surface area (Å²) in [6.07, 6.45) is 0.283. The van der Waals surface area contributed by atoms with Gasteiger partial charge in [-0.3, -0.25) is 4.79 Å². The van der Waals surface area contributed by atoms with Gasteiger partial charge in [0.15, 0.2) is 0 Å². The number of carboxylic acids is 1. The van der Waals surface area contributed by atoms with Crippen molar-refractivity contribution < 1.29 is 28.4 Å². The predicted molar refractivity (Wildman–Crippen MR) is 119 cm³/mol. The first-order valence-corrected chi connectivity index (χ1v) is 10.2. The number of rotatable bonds is 8. The summed E-state index contributed by atoms with van der Waals surface area (Å²) in [5.74, 6) is -2.22. The summed E-state index contributed by atoms with van der Waals surface area (Å²) in [6, 6.07) is 11.9. The number of benzene rings is 2. The van der Waals surface area contributed by atoms with Crippen molar-refractivity contribution in [1.29, 1.82) is 0 Å². The Kier molecular flexibility index (Phi) is 7.39. The number of halogens is 1. The Balaban J connectivity index is 1.61. The van der Waals surface area contributed by atoms with Gasteiger partial charge in [0, 0.05) is 23.0 Å². The Morgan fingerprint density at radius 2 is 1.58 bits per heavy atom. The number of anilines is 2. The van der Waals surface area contributed by atoms with Gasteiger partial charge in [-0.25, -0.2) is 14.0 Å². The molecule has 0 aliphatic carbocycles. The molecule has 1 heterocycles. The Morgan fingerprint density at radius 1 is 1.00 bits per heavy atom. The first kappa shape index (κ1) is 23.5. The largest absolute Gasteiger partial charge is 0.480 e. The molecular formula is C23H23FN4O5. The molecule has 1 unspecified atom stereocenters. The monoisotopic (exact) mass is 454 g/mol. The van der Waals surface area contributed by atoms with Crippen LogP contribution in [0, 0.1) is 11.7 Å². The van der Waals surface area contributed by atoms with Crippen LogP contribution in [0.3, 0.4) is 0 Å². The van der Waals surface area contributed by atoms with E-state index in [1.807, 2.05) is 13.8 Å². The van der Waals surface area contributed by atoms with Gasteiger partial charge in [-0.15, -0.1) is 0 Å². The summed E-state index contributed by atoms with van der Waals surface area (Å²) < 4.78 is 18.0. The molecule has 1 aromatic heterocycles. The molecule has 0 spiro atoms. The highest BCUT2D eigenvalue weighted by atomic mass is 19.1. The summed E-state index contributed by atoms with van der Waals surface area (Å²) in [4.78, 5) is 35.8. The Hall–Kier alpha value is -4.21. The molecule has 4 N–H and O–H groups in total. The zero-order chi connectivity index (χ0) is 24.0. The summed E-state index contributed by atoms with van der Waals surface area (Å²) in [5.41, 5.74) is 1.94. The average Bonchev–Trinajstić information content (AvgIpc) is 3.25. The summed E-state index contributed by atoms with van der Waals surface area (Å²) >= 11 is 0. The van der Waals surface area contributed by atoms with Crippen LogP contribution in [0.4, 0.5) is 20.6 Å². The first-order valence-electron chi connectivity index (χ1n) is 10.2. The van der Waals surface area contributed by atoms with E-state index in [9.17, 15) is 23.9 Å². The highest BCUT2D eigenvalue weighted by molar-refractivity contribution is 6.00. The van der Waals surface area contributed by atoms with Crippen LogP contribution in [-0.4, -0.2) is 34.2 Å². The van der Waals surface area contributed by atoms with Crippen LogP contribution in [0.15, 0.2) is 59.1 Å². The van der Waals surface area contributed by atoms with Gasteiger partial charge in [0.1, 0.15) is 17.6 Å². The Morgan fingerprint density at radius 3 is 2.12 bits per heavy atom. The molecule has 0 radical (unpaired) electrons. The quantitative estimate of drug-likeness (QED) is 0.400. The standard InChI is InChI=1S/C23H23FN4O5/c1-13(2)11-19(22(30)31)27-21(29)20-12-18(28-33-20)14-3-7-16(8-4-14)25-23(32)26-17-9-5-15(24)6-10-17/h3-10,12-13,19H,11H2,1-2H3,(H,27,29)(H,30,31)(H2,25,26,32). The summed E-state index contributed by atoms with van der Waals surface area (Å²) in [6.45, 7) is 3.72. The third-order valence-corrected chi connectivity index (χ3v) is 4.59. The van der Waals surface area contributed by atoms with E-state index in [-0.39, 0.29) is 18.1 Å². The highest BCUT2D eigenvalue weighted by Gasteiger charge is 2.24. The third kappa shape index (κ3) is 6.63. The molecule has 0 saturated carbocycles. The molecule has 0 aliphatic rings. The van der Waals surface area contributed by atoms with Crippen molar-refractivity contribution in [2.24, 2.45) is 5.92 Å². The van der Waals surface area contributed by atoms with Gasteiger partial charge in [0.25, 0.3) is 5.91 Å². The lowest BCUT2D eigenvalue weighted by molar-refractivity contribution is -0.139. The van der Waals surface area contributed by atoms with Crippen molar-refractivity contribution in [3.63, 3.8) is 0 Å². The van der Waals surface area contributed by atoms with Crippen molar-refractivity contribution in [2.45, 2.75) is 26.3 Å². The summed E-state index contributed by atoms with van der Waals surface area (Å²) in [5, 5.41) is 20.8. The second kappa shape index (κ2) is 10.4. The van der Waals surface area contributed by atoms with E-state index in [4.69, 9.17) is 4.52 Å². The second-order valence-electron chi connectivity index (χ2n) is 7.73. The molecule has 3 amide bonds. The van der Waals surface area contributed by atoms with Crippen LogP contribution in [-0.2, 0) is 4.79 Å². The lowest BCUT2D eigenvalue weighted by atomic mass is 10.0. The maximum atomic E-state index is 12.9. The van der Waals surface area contributed by atoms with Gasteiger partial charge in [0.2, 0.25) is 5.76 Å². The molecule has 0 aliphatic heterocycles. The number of hydrogen-bond donors (Lipinski definition) is 4. The minimum Gasteiger partial charge on any atom is -0.480 e. The molecule has 3 rings (SSSR count). The number of nitrogens with one attached hydrogen (secondary N) is 3.